The van der Waals surface area contributed by atoms with Gasteiger partial charge < -0.3 is 4.90 Å². The van der Waals surface area contributed by atoms with Gasteiger partial charge in [0.2, 0.25) is 10.0 Å². The first-order valence-corrected chi connectivity index (χ1v) is 11.5. The average Bonchev–Trinajstić information content (AvgIpc) is 3.31. The largest absolute Gasteiger partial charge is 0.352 e. The number of piperazine rings is 1. The van der Waals surface area contributed by atoms with Crippen molar-refractivity contribution < 1.29 is 8.42 Å². The summed E-state index contributed by atoms with van der Waals surface area (Å²) in [5.41, 5.74) is 3.56. The average molecular weight is 416 g/mol. The van der Waals surface area contributed by atoms with Crippen LogP contribution in [0.2, 0.25) is 0 Å². The van der Waals surface area contributed by atoms with Gasteiger partial charge in [-0.3, -0.25) is 4.68 Å². The van der Waals surface area contributed by atoms with Crippen molar-refractivity contribution in [1.82, 2.24) is 28.7 Å². The van der Waals surface area contributed by atoms with Crippen molar-refractivity contribution in [3.63, 3.8) is 0 Å². The molecular formula is C19H25N7O2S. The van der Waals surface area contributed by atoms with Crippen molar-refractivity contribution in [2.45, 2.75) is 31.1 Å². The lowest BCUT2D eigenvalue weighted by Gasteiger charge is -2.34. The van der Waals surface area contributed by atoms with Crippen LogP contribution in [-0.2, 0) is 29.9 Å². The van der Waals surface area contributed by atoms with Gasteiger partial charge >= 0.3 is 0 Å². The summed E-state index contributed by atoms with van der Waals surface area (Å²) in [4.78, 5) is 7.10. The monoisotopic (exact) mass is 415 g/mol. The van der Waals surface area contributed by atoms with Gasteiger partial charge in [0.05, 0.1) is 11.9 Å². The third-order valence-corrected chi connectivity index (χ3v) is 7.84. The van der Waals surface area contributed by atoms with E-state index in [1.165, 1.54) is 32.9 Å². The molecule has 3 aromatic heterocycles. The topological polar surface area (TPSA) is 88.6 Å². The summed E-state index contributed by atoms with van der Waals surface area (Å²) in [7, 11) is -1.80. The molecule has 4 heterocycles. The van der Waals surface area contributed by atoms with E-state index in [1.807, 2.05) is 10.7 Å². The van der Waals surface area contributed by atoms with Crippen LogP contribution in [0.25, 0.3) is 5.52 Å². The van der Waals surface area contributed by atoms with Crippen molar-refractivity contribution in [3.05, 3.63) is 36.0 Å². The smallest absolute Gasteiger partial charge is 0.246 e. The summed E-state index contributed by atoms with van der Waals surface area (Å²) in [6.07, 6.45) is 9.84. The van der Waals surface area contributed by atoms with Gasteiger partial charge in [-0.1, -0.05) is 6.92 Å². The van der Waals surface area contributed by atoms with Gasteiger partial charge in [0.15, 0.2) is 5.82 Å². The van der Waals surface area contributed by atoms with Crippen molar-refractivity contribution in [1.29, 1.82) is 0 Å². The molecule has 0 N–H and O–H groups in total. The van der Waals surface area contributed by atoms with Gasteiger partial charge in [-0.2, -0.15) is 14.5 Å². The molecule has 154 valence electrons. The molecule has 10 heteroatoms. The number of hydrogen-bond donors (Lipinski definition) is 0. The number of nitrogens with zero attached hydrogens (tertiary/aromatic N) is 7. The summed E-state index contributed by atoms with van der Waals surface area (Å²) in [6.45, 7) is 4.33. The first kappa shape index (κ1) is 18.6. The molecule has 0 radical (unpaired) electrons. The van der Waals surface area contributed by atoms with Gasteiger partial charge in [-0.05, 0) is 25.2 Å². The molecule has 0 spiro atoms. The summed E-state index contributed by atoms with van der Waals surface area (Å²) in [6, 6.07) is 0. The van der Waals surface area contributed by atoms with Crippen LogP contribution in [0.3, 0.4) is 0 Å². The van der Waals surface area contributed by atoms with Crippen molar-refractivity contribution in [3.8, 4) is 0 Å². The van der Waals surface area contributed by atoms with E-state index in [0.717, 1.165) is 24.2 Å². The standard InChI is InChI=1S/C19H25N7O2S/c1-14-3-4-17-16(11-14)18-19(20-5-6-26(18)22-17)24-7-9-25(10-8-24)29(27,28)15-12-21-23(2)13-15/h5-6,12-14H,3-4,7-11H2,1-2H3. The zero-order chi connectivity index (χ0) is 20.2. The molecular weight excluding hydrogens is 390 g/mol. The van der Waals surface area contributed by atoms with Crippen LogP contribution in [0.15, 0.2) is 29.7 Å². The number of fused-ring (bicyclic) bond motifs is 3. The molecule has 1 atom stereocenters. The zero-order valence-corrected chi connectivity index (χ0v) is 17.5. The lowest BCUT2D eigenvalue weighted by Crippen LogP contribution is -2.49. The minimum Gasteiger partial charge on any atom is -0.352 e. The van der Waals surface area contributed by atoms with E-state index in [4.69, 9.17) is 5.10 Å². The molecule has 0 amide bonds. The summed E-state index contributed by atoms with van der Waals surface area (Å²) < 4.78 is 30.7. The molecule has 1 saturated heterocycles. The van der Waals surface area contributed by atoms with E-state index in [2.05, 4.69) is 21.9 Å². The van der Waals surface area contributed by atoms with E-state index in [9.17, 15) is 8.42 Å². The van der Waals surface area contributed by atoms with Crippen molar-refractivity contribution in [2.24, 2.45) is 13.0 Å². The molecule has 29 heavy (non-hydrogen) atoms. The molecule has 2 aliphatic rings. The van der Waals surface area contributed by atoms with Gasteiger partial charge in [-0.25, -0.2) is 17.9 Å². The Balaban J connectivity index is 1.41. The number of aryl methyl sites for hydroxylation is 2. The summed E-state index contributed by atoms with van der Waals surface area (Å²) in [5, 5.41) is 8.77. The number of sulfonamides is 1. The van der Waals surface area contributed by atoms with E-state index in [-0.39, 0.29) is 4.90 Å². The molecule has 0 saturated carbocycles. The fourth-order valence-electron chi connectivity index (χ4n) is 4.39. The number of anilines is 1. The van der Waals surface area contributed by atoms with Gasteiger partial charge in [0.25, 0.3) is 0 Å². The molecule has 3 aromatic rings. The van der Waals surface area contributed by atoms with E-state index in [0.29, 0.717) is 32.1 Å². The number of rotatable bonds is 3. The predicted molar refractivity (Wildman–Crippen MR) is 108 cm³/mol. The minimum atomic E-state index is -3.51. The molecule has 1 aliphatic heterocycles. The maximum atomic E-state index is 12.9. The van der Waals surface area contributed by atoms with E-state index >= 15 is 0 Å². The third-order valence-electron chi connectivity index (χ3n) is 5.99. The Morgan fingerprint density at radius 1 is 1.17 bits per heavy atom. The fourth-order valence-corrected chi connectivity index (χ4v) is 5.80. The minimum absolute atomic E-state index is 0.243. The Morgan fingerprint density at radius 2 is 1.97 bits per heavy atom. The van der Waals surface area contributed by atoms with Crippen LogP contribution in [0.1, 0.15) is 24.6 Å². The highest BCUT2D eigenvalue weighted by Gasteiger charge is 2.31. The van der Waals surface area contributed by atoms with Crippen molar-refractivity contribution in [2.75, 3.05) is 31.1 Å². The molecule has 1 unspecified atom stereocenters. The summed E-state index contributed by atoms with van der Waals surface area (Å²) >= 11 is 0. The predicted octanol–water partition coefficient (Wildman–Crippen LogP) is 1.10. The quantitative estimate of drug-likeness (QED) is 0.637. The fraction of sp³-hybridized carbons (Fsp3) is 0.526. The van der Waals surface area contributed by atoms with Crippen LogP contribution in [0.4, 0.5) is 5.82 Å². The van der Waals surface area contributed by atoms with E-state index < -0.39 is 10.0 Å². The first-order chi connectivity index (χ1) is 13.9. The van der Waals surface area contributed by atoms with Crippen LogP contribution in [-0.4, -0.2) is 63.3 Å². The van der Waals surface area contributed by atoms with Gasteiger partial charge in [-0.15, -0.1) is 0 Å². The zero-order valence-electron chi connectivity index (χ0n) is 16.7. The summed E-state index contributed by atoms with van der Waals surface area (Å²) in [5.74, 6) is 1.55. The SMILES string of the molecule is CC1CCc2nn3ccnc(N4CCN(S(=O)(=O)c5cnn(C)c5)CC4)c3c2C1. The van der Waals surface area contributed by atoms with Gasteiger partial charge in [0, 0.05) is 57.4 Å². The highest BCUT2D eigenvalue weighted by Crippen LogP contribution is 2.32. The second-order valence-electron chi connectivity index (χ2n) is 8.06. The highest BCUT2D eigenvalue weighted by atomic mass is 32.2. The lowest BCUT2D eigenvalue weighted by molar-refractivity contribution is 0.384. The second-order valence-corrected chi connectivity index (χ2v) is 10.00. The lowest BCUT2D eigenvalue weighted by atomic mass is 9.88. The van der Waals surface area contributed by atoms with E-state index in [1.54, 1.807) is 19.4 Å². The third kappa shape index (κ3) is 3.10. The Kier molecular flexibility index (Phi) is 4.36. The van der Waals surface area contributed by atoms with Crippen molar-refractivity contribution >= 4 is 21.4 Å². The normalized spacial score (nSPS) is 20.9. The second kappa shape index (κ2) is 6.81. The maximum absolute atomic E-state index is 12.9. The molecule has 0 bridgehead atoms. The molecule has 1 fully saturated rings. The first-order valence-electron chi connectivity index (χ1n) is 10.0. The molecule has 1 aliphatic carbocycles. The highest BCUT2D eigenvalue weighted by molar-refractivity contribution is 7.89. The van der Waals surface area contributed by atoms with Gasteiger partial charge in [0.1, 0.15) is 10.4 Å². The van der Waals surface area contributed by atoms with Crippen LogP contribution < -0.4 is 4.90 Å². The molecule has 5 rings (SSSR count). The molecule has 0 aromatic carbocycles. The molecule has 9 nitrogen and oxygen atoms in total. The Morgan fingerprint density at radius 3 is 2.69 bits per heavy atom. The number of hydrogen-bond acceptors (Lipinski definition) is 6. The Hall–Kier alpha value is -2.46. The van der Waals surface area contributed by atoms with Crippen LogP contribution in [0.5, 0.6) is 0 Å². The Labute approximate surface area is 170 Å². The Bertz CT molecular complexity index is 1160. The van der Waals surface area contributed by atoms with Crippen LogP contribution in [0, 0.1) is 5.92 Å². The van der Waals surface area contributed by atoms with Crippen LogP contribution >= 0.6 is 0 Å². The number of aromatic nitrogens is 5. The maximum Gasteiger partial charge on any atom is 0.246 e.